The summed E-state index contributed by atoms with van der Waals surface area (Å²) in [5, 5.41) is 17.7. The second-order valence-electron chi connectivity index (χ2n) is 3.29. The molecular weight excluding hydrogens is 195 g/mol. The van der Waals surface area contributed by atoms with Gasteiger partial charge in [0.05, 0.1) is 12.7 Å². The highest BCUT2D eigenvalue weighted by Gasteiger charge is 2.15. The highest BCUT2D eigenvalue weighted by Crippen LogP contribution is 2.18. The minimum absolute atomic E-state index is 0.0238. The summed E-state index contributed by atoms with van der Waals surface area (Å²) < 4.78 is 12.9. The first-order valence-corrected chi connectivity index (χ1v) is 4.65. The second-order valence-corrected chi connectivity index (χ2v) is 3.29. The first-order valence-electron chi connectivity index (χ1n) is 4.65. The van der Waals surface area contributed by atoms with E-state index < -0.39 is 6.04 Å². The Morgan fingerprint density at radius 1 is 1.60 bits per heavy atom. The predicted octanol–water partition coefficient (Wildman–Crippen LogP) is 1.31. The zero-order valence-electron chi connectivity index (χ0n) is 8.52. The fourth-order valence-corrected chi connectivity index (χ4v) is 1.39. The Morgan fingerprint density at radius 3 is 2.87 bits per heavy atom. The van der Waals surface area contributed by atoms with Crippen molar-refractivity contribution in [2.45, 2.75) is 6.04 Å². The zero-order chi connectivity index (χ0) is 11.3. The fourth-order valence-electron chi connectivity index (χ4n) is 1.39. The van der Waals surface area contributed by atoms with Gasteiger partial charge in [0.15, 0.2) is 0 Å². The molecule has 15 heavy (non-hydrogen) atoms. The lowest BCUT2D eigenvalue weighted by atomic mass is 10.1. The molecule has 1 aromatic rings. The van der Waals surface area contributed by atoms with Gasteiger partial charge in [-0.15, -0.1) is 0 Å². The van der Waals surface area contributed by atoms with Gasteiger partial charge in [0.25, 0.3) is 0 Å². The van der Waals surface area contributed by atoms with Crippen LogP contribution >= 0.6 is 0 Å². The molecule has 1 atom stereocenters. The highest BCUT2D eigenvalue weighted by molar-refractivity contribution is 5.24. The summed E-state index contributed by atoms with van der Waals surface area (Å²) in [6, 6.07) is 7.50. The number of nitrogens with zero attached hydrogens (tertiary/aromatic N) is 2. The number of benzene rings is 1. The lowest BCUT2D eigenvalue weighted by molar-refractivity contribution is 0.203. The average Bonchev–Trinajstić information content (AvgIpc) is 2.19. The molecule has 80 valence electrons. The minimum atomic E-state index is -0.521. The Bertz CT molecular complexity index is 362. The quantitative estimate of drug-likeness (QED) is 0.811. The first-order chi connectivity index (χ1) is 7.19. The number of hydrogen-bond acceptors (Lipinski definition) is 3. The Labute approximate surface area is 88.4 Å². The van der Waals surface area contributed by atoms with E-state index in [0.29, 0.717) is 12.1 Å². The van der Waals surface area contributed by atoms with Crippen LogP contribution in [0.1, 0.15) is 11.6 Å². The van der Waals surface area contributed by atoms with E-state index in [1.165, 1.54) is 12.1 Å². The summed E-state index contributed by atoms with van der Waals surface area (Å²) in [6.45, 7) is 0.360. The van der Waals surface area contributed by atoms with Crippen LogP contribution in [-0.2, 0) is 0 Å². The maximum absolute atomic E-state index is 12.9. The molecule has 0 amide bonds. The molecule has 0 heterocycles. The van der Waals surface area contributed by atoms with Gasteiger partial charge in [-0.2, -0.15) is 5.26 Å². The van der Waals surface area contributed by atoms with Gasteiger partial charge in [-0.05, 0) is 24.7 Å². The van der Waals surface area contributed by atoms with Gasteiger partial charge in [0.2, 0.25) is 0 Å². The summed E-state index contributed by atoms with van der Waals surface area (Å²) in [6.07, 6.45) is 0. The molecule has 0 saturated carbocycles. The maximum atomic E-state index is 12.9. The van der Waals surface area contributed by atoms with Gasteiger partial charge in [0, 0.05) is 6.54 Å². The average molecular weight is 208 g/mol. The Balaban J connectivity index is 2.88. The lowest BCUT2D eigenvalue weighted by Crippen LogP contribution is -2.26. The van der Waals surface area contributed by atoms with E-state index in [1.807, 2.05) is 0 Å². The zero-order valence-corrected chi connectivity index (χ0v) is 8.52. The normalized spacial score (nSPS) is 12.5. The molecule has 1 N–H and O–H groups in total. The van der Waals surface area contributed by atoms with Crippen molar-refractivity contribution in [3.63, 3.8) is 0 Å². The summed E-state index contributed by atoms with van der Waals surface area (Å²) >= 11 is 0. The lowest BCUT2D eigenvalue weighted by Gasteiger charge is -2.21. The van der Waals surface area contributed by atoms with Gasteiger partial charge in [-0.3, -0.25) is 4.90 Å². The molecule has 1 unspecified atom stereocenters. The number of aliphatic hydroxyl groups excluding tert-OH is 1. The van der Waals surface area contributed by atoms with Crippen LogP contribution in [0.4, 0.5) is 4.39 Å². The predicted molar refractivity (Wildman–Crippen MR) is 54.5 cm³/mol. The van der Waals surface area contributed by atoms with Crippen molar-refractivity contribution in [2.24, 2.45) is 0 Å². The van der Waals surface area contributed by atoms with Crippen molar-refractivity contribution in [1.82, 2.24) is 4.90 Å². The van der Waals surface area contributed by atoms with E-state index in [9.17, 15) is 4.39 Å². The van der Waals surface area contributed by atoms with Crippen molar-refractivity contribution < 1.29 is 9.50 Å². The molecule has 0 radical (unpaired) electrons. The van der Waals surface area contributed by atoms with E-state index in [1.54, 1.807) is 24.1 Å². The van der Waals surface area contributed by atoms with E-state index in [-0.39, 0.29) is 12.4 Å². The number of aliphatic hydroxyl groups is 1. The molecule has 0 saturated heterocycles. The number of nitriles is 1. The van der Waals surface area contributed by atoms with Crippen LogP contribution in [0.2, 0.25) is 0 Å². The number of rotatable bonds is 4. The van der Waals surface area contributed by atoms with Crippen molar-refractivity contribution in [1.29, 1.82) is 5.26 Å². The molecule has 0 bridgehead atoms. The van der Waals surface area contributed by atoms with Crippen molar-refractivity contribution in [2.75, 3.05) is 20.2 Å². The van der Waals surface area contributed by atoms with Gasteiger partial charge >= 0.3 is 0 Å². The standard InChI is InChI=1S/C11H13FN2O/c1-14(5-6-15)11(8-13)9-3-2-4-10(12)7-9/h2-4,7,11,15H,5-6H2,1H3. The van der Waals surface area contributed by atoms with E-state index in [0.717, 1.165) is 0 Å². The molecule has 0 aromatic heterocycles. The molecule has 0 aliphatic heterocycles. The van der Waals surface area contributed by atoms with Gasteiger partial charge in [-0.25, -0.2) is 4.39 Å². The molecule has 3 nitrogen and oxygen atoms in total. The Morgan fingerprint density at radius 2 is 2.33 bits per heavy atom. The Hall–Kier alpha value is -1.44. The fraction of sp³-hybridized carbons (Fsp3) is 0.364. The number of hydrogen-bond donors (Lipinski definition) is 1. The summed E-state index contributed by atoms with van der Waals surface area (Å²) in [7, 11) is 1.72. The molecule has 0 aliphatic rings. The highest BCUT2D eigenvalue weighted by atomic mass is 19.1. The largest absolute Gasteiger partial charge is 0.395 e. The minimum Gasteiger partial charge on any atom is -0.395 e. The number of likely N-dealkylation sites (N-methyl/N-ethyl adjacent to an activating group) is 1. The maximum Gasteiger partial charge on any atom is 0.123 e. The third-order valence-electron chi connectivity index (χ3n) is 2.18. The molecule has 0 spiro atoms. The monoisotopic (exact) mass is 208 g/mol. The molecule has 1 aromatic carbocycles. The summed E-state index contributed by atoms with van der Waals surface area (Å²) in [5.74, 6) is -0.356. The van der Waals surface area contributed by atoms with Gasteiger partial charge < -0.3 is 5.11 Å². The van der Waals surface area contributed by atoms with Crippen LogP contribution in [0.5, 0.6) is 0 Å². The topological polar surface area (TPSA) is 47.3 Å². The second kappa shape index (κ2) is 5.44. The van der Waals surface area contributed by atoms with Crippen LogP contribution in [0.15, 0.2) is 24.3 Å². The van der Waals surface area contributed by atoms with Crippen molar-refractivity contribution >= 4 is 0 Å². The molecule has 0 aliphatic carbocycles. The third kappa shape index (κ3) is 3.01. The van der Waals surface area contributed by atoms with Crippen LogP contribution in [0.3, 0.4) is 0 Å². The van der Waals surface area contributed by atoms with Crippen molar-refractivity contribution in [3.05, 3.63) is 35.6 Å². The smallest absolute Gasteiger partial charge is 0.123 e. The molecule has 0 fully saturated rings. The van der Waals surface area contributed by atoms with Crippen LogP contribution < -0.4 is 0 Å². The van der Waals surface area contributed by atoms with Gasteiger partial charge in [0.1, 0.15) is 11.9 Å². The molecule has 1 rings (SSSR count). The van der Waals surface area contributed by atoms with Crippen molar-refractivity contribution in [3.8, 4) is 6.07 Å². The molecule has 4 heteroatoms. The SMILES string of the molecule is CN(CCO)C(C#N)c1cccc(F)c1. The first kappa shape index (κ1) is 11.6. The molecular formula is C11H13FN2O. The van der Waals surface area contributed by atoms with Crippen LogP contribution in [0, 0.1) is 17.1 Å². The summed E-state index contributed by atoms with van der Waals surface area (Å²) in [4.78, 5) is 1.68. The van der Waals surface area contributed by atoms with Crippen LogP contribution in [-0.4, -0.2) is 30.2 Å². The van der Waals surface area contributed by atoms with Gasteiger partial charge in [-0.1, -0.05) is 12.1 Å². The van der Waals surface area contributed by atoms with Crippen LogP contribution in [0.25, 0.3) is 0 Å². The van der Waals surface area contributed by atoms with E-state index in [2.05, 4.69) is 6.07 Å². The van der Waals surface area contributed by atoms with E-state index >= 15 is 0 Å². The third-order valence-corrected chi connectivity index (χ3v) is 2.18. The number of halogens is 1. The van der Waals surface area contributed by atoms with E-state index in [4.69, 9.17) is 10.4 Å². The summed E-state index contributed by atoms with van der Waals surface area (Å²) in [5.41, 5.74) is 0.605. The Kier molecular flexibility index (Phi) is 4.22.